The average Bonchev–Trinajstić information content (AvgIpc) is 2.55. The van der Waals surface area contributed by atoms with Crippen molar-refractivity contribution in [3.8, 4) is 0 Å². The van der Waals surface area contributed by atoms with Gasteiger partial charge in [0.2, 0.25) is 5.91 Å². The van der Waals surface area contributed by atoms with Crippen molar-refractivity contribution in [1.82, 2.24) is 10.6 Å². The van der Waals surface area contributed by atoms with Crippen molar-refractivity contribution >= 4 is 23.7 Å². The third-order valence-corrected chi connectivity index (χ3v) is 4.29. The van der Waals surface area contributed by atoms with Crippen molar-refractivity contribution in [2.24, 2.45) is 5.73 Å². The minimum atomic E-state index is -0.668. The van der Waals surface area contributed by atoms with E-state index in [9.17, 15) is 9.59 Å². The molecule has 6 nitrogen and oxygen atoms in total. The molecule has 0 heterocycles. The van der Waals surface area contributed by atoms with Gasteiger partial charge in [0, 0.05) is 19.8 Å². The lowest BCUT2D eigenvalue weighted by Crippen LogP contribution is -2.49. The first kappa shape index (κ1) is 23.1. The third kappa shape index (κ3) is 14.6. The normalized spacial score (nSPS) is 11.9. The Morgan fingerprint density at radius 2 is 1.75 bits per heavy atom. The minimum absolute atomic E-state index is 0.182. The molecule has 1 atom stereocenters. The molecule has 0 aromatic heterocycles. The Balaban J connectivity index is 3.59. The number of carbonyl (C=O) groups excluding carboxylic acids is 2. The van der Waals surface area contributed by atoms with E-state index in [2.05, 4.69) is 17.6 Å². The zero-order valence-corrected chi connectivity index (χ0v) is 16.1. The predicted octanol–water partition coefficient (Wildman–Crippen LogP) is 2.66. The SMILES string of the molecule is CCCCCCCCOCCCNC(=O)C(CCSC)NC(N)=O. The van der Waals surface area contributed by atoms with Gasteiger partial charge in [-0.15, -0.1) is 0 Å². The molecule has 0 radical (unpaired) electrons. The number of rotatable bonds is 16. The van der Waals surface area contributed by atoms with Crippen LogP contribution < -0.4 is 16.4 Å². The smallest absolute Gasteiger partial charge is 0.312 e. The molecule has 0 aromatic rings. The summed E-state index contributed by atoms with van der Waals surface area (Å²) in [7, 11) is 0. The van der Waals surface area contributed by atoms with E-state index in [1.807, 2.05) is 6.26 Å². The molecule has 0 aliphatic heterocycles. The van der Waals surface area contributed by atoms with Gasteiger partial charge in [0.05, 0.1) is 0 Å². The van der Waals surface area contributed by atoms with Crippen molar-refractivity contribution < 1.29 is 14.3 Å². The van der Waals surface area contributed by atoms with Crippen molar-refractivity contribution in [3.63, 3.8) is 0 Å². The first-order valence-corrected chi connectivity index (χ1v) is 10.4. The first-order chi connectivity index (χ1) is 11.6. The fourth-order valence-corrected chi connectivity index (χ4v) is 2.74. The van der Waals surface area contributed by atoms with E-state index < -0.39 is 12.1 Å². The van der Waals surface area contributed by atoms with Gasteiger partial charge in [-0.2, -0.15) is 11.8 Å². The second-order valence-electron chi connectivity index (χ2n) is 5.87. The van der Waals surface area contributed by atoms with Crippen LogP contribution in [0.2, 0.25) is 0 Å². The van der Waals surface area contributed by atoms with E-state index in [1.54, 1.807) is 11.8 Å². The van der Waals surface area contributed by atoms with Crippen molar-refractivity contribution in [1.29, 1.82) is 0 Å². The molecule has 0 aliphatic carbocycles. The number of carbonyl (C=O) groups is 2. The molecule has 0 saturated heterocycles. The molecule has 0 rings (SSSR count). The van der Waals surface area contributed by atoms with Crippen molar-refractivity contribution in [2.75, 3.05) is 31.8 Å². The van der Waals surface area contributed by atoms with Crippen LogP contribution >= 0.6 is 11.8 Å². The lowest BCUT2D eigenvalue weighted by atomic mass is 10.1. The molecule has 0 bridgehead atoms. The molecule has 142 valence electrons. The lowest BCUT2D eigenvalue weighted by molar-refractivity contribution is -0.123. The number of nitrogens with two attached hydrogens (primary N) is 1. The van der Waals surface area contributed by atoms with Crippen LogP contribution in [0.25, 0.3) is 0 Å². The summed E-state index contributed by atoms with van der Waals surface area (Å²) in [6.45, 7) is 4.20. The summed E-state index contributed by atoms with van der Waals surface area (Å²) in [5, 5.41) is 5.31. The lowest BCUT2D eigenvalue weighted by Gasteiger charge is -2.16. The van der Waals surface area contributed by atoms with Crippen LogP contribution in [-0.4, -0.2) is 49.7 Å². The van der Waals surface area contributed by atoms with E-state index in [0.29, 0.717) is 19.6 Å². The molecular formula is C17H35N3O3S. The first-order valence-electron chi connectivity index (χ1n) is 9.02. The van der Waals surface area contributed by atoms with Gasteiger partial charge in [0.1, 0.15) is 6.04 Å². The fourth-order valence-electron chi connectivity index (χ4n) is 2.27. The summed E-state index contributed by atoms with van der Waals surface area (Å²) in [4.78, 5) is 23.0. The molecule has 4 N–H and O–H groups in total. The highest BCUT2D eigenvalue weighted by molar-refractivity contribution is 7.98. The molecule has 0 aromatic carbocycles. The van der Waals surface area contributed by atoms with Crippen LogP contribution in [0.4, 0.5) is 4.79 Å². The highest BCUT2D eigenvalue weighted by Gasteiger charge is 2.18. The van der Waals surface area contributed by atoms with Gasteiger partial charge in [-0.1, -0.05) is 39.0 Å². The number of hydrogen-bond acceptors (Lipinski definition) is 4. The van der Waals surface area contributed by atoms with Gasteiger partial charge >= 0.3 is 6.03 Å². The van der Waals surface area contributed by atoms with Gasteiger partial charge in [-0.3, -0.25) is 4.79 Å². The maximum atomic E-state index is 12.0. The van der Waals surface area contributed by atoms with Crippen molar-refractivity contribution in [3.05, 3.63) is 0 Å². The highest BCUT2D eigenvalue weighted by Crippen LogP contribution is 2.05. The van der Waals surface area contributed by atoms with Gasteiger partial charge in [-0.25, -0.2) is 4.79 Å². The van der Waals surface area contributed by atoms with Crippen LogP contribution in [-0.2, 0) is 9.53 Å². The Hall–Kier alpha value is -0.950. The van der Waals surface area contributed by atoms with Crippen LogP contribution in [0.1, 0.15) is 58.3 Å². The Bertz CT molecular complexity index is 330. The largest absolute Gasteiger partial charge is 0.381 e. The zero-order valence-electron chi connectivity index (χ0n) is 15.3. The summed E-state index contributed by atoms with van der Waals surface area (Å²) < 4.78 is 5.57. The molecule has 24 heavy (non-hydrogen) atoms. The topological polar surface area (TPSA) is 93.4 Å². The van der Waals surface area contributed by atoms with E-state index in [1.165, 1.54) is 32.1 Å². The number of ether oxygens (including phenoxy) is 1. The van der Waals surface area contributed by atoms with Gasteiger partial charge in [-0.05, 0) is 31.3 Å². The summed E-state index contributed by atoms with van der Waals surface area (Å²) in [6, 6.07) is -1.22. The summed E-state index contributed by atoms with van der Waals surface area (Å²) in [5.74, 6) is 0.610. The van der Waals surface area contributed by atoms with E-state index in [-0.39, 0.29) is 5.91 Å². The second-order valence-corrected chi connectivity index (χ2v) is 6.85. The molecule has 7 heteroatoms. The molecular weight excluding hydrogens is 326 g/mol. The standard InChI is InChI=1S/C17H35N3O3S/c1-3-4-5-6-7-8-12-23-13-9-11-19-16(21)15(10-14-24-2)20-17(18)22/h15H,3-14H2,1-2H3,(H,19,21)(H3,18,20,22). The molecule has 1 unspecified atom stereocenters. The summed E-state index contributed by atoms with van der Waals surface area (Å²) in [6.07, 6.45) is 10.8. The quantitative estimate of drug-likeness (QED) is 0.368. The van der Waals surface area contributed by atoms with Gasteiger partial charge in [0.25, 0.3) is 0 Å². The Labute approximate surface area is 151 Å². The molecule has 0 aliphatic rings. The van der Waals surface area contributed by atoms with Crippen LogP contribution in [0.3, 0.4) is 0 Å². The number of amides is 3. The van der Waals surface area contributed by atoms with E-state index >= 15 is 0 Å². The zero-order chi connectivity index (χ0) is 18.0. The second kappa shape index (κ2) is 16.9. The number of unbranched alkanes of at least 4 members (excludes halogenated alkanes) is 5. The van der Waals surface area contributed by atoms with Gasteiger partial charge < -0.3 is 21.1 Å². The summed E-state index contributed by atoms with van der Waals surface area (Å²) >= 11 is 1.63. The fraction of sp³-hybridized carbons (Fsp3) is 0.882. The Morgan fingerprint density at radius 1 is 1.08 bits per heavy atom. The van der Waals surface area contributed by atoms with Gasteiger partial charge in [0.15, 0.2) is 0 Å². The maximum absolute atomic E-state index is 12.0. The monoisotopic (exact) mass is 361 g/mol. The molecule has 0 saturated carbocycles. The third-order valence-electron chi connectivity index (χ3n) is 3.65. The molecule has 3 amide bonds. The molecule has 0 spiro atoms. The highest BCUT2D eigenvalue weighted by atomic mass is 32.2. The van der Waals surface area contributed by atoms with Crippen molar-refractivity contribution in [2.45, 2.75) is 64.3 Å². The number of urea groups is 1. The number of thioether (sulfide) groups is 1. The van der Waals surface area contributed by atoms with Crippen LogP contribution in [0, 0.1) is 0 Å². The predicted molar refractivity (Wildman–Crippen MR) is 101 cm³/mol. The number of hydrogen-bond donors (Lipinski definition) is 3. The number of nitrogens with one attached hydrogen (secondary N) is 2. The summed E-state index contributed by atoms with van der Waals surface area (Å²) in [5.41, 5.74) is 5.11. The van der Waals surface area contributed by atoms with E-state index in [0.717, 1.165) is 25.2 Å². The molecule has 0 fully saturated rings. The minimum Gasteiger partial charge on any atom is -0.381 e. The maximum Gasteiger partial charge on any atom is 0.312 e. The van der Waals surface area contributed by atoms with Crippen LogP contribution in [0.5, 0.6) is 0 Å². The number of primary amides is 1. The Morgan fingerprint density at radius 3 is 2.42 bits per heavy atom. The Kier molecular flexibility index (Phi) is 16.2. The average molecular weight is 362 g/mol. The van der Waals surface area contributed by atoms with E-state index in [4.69, 9.17) is 10.5 Å². The van der Waals surface area contributed by atoms with Crippen LogP contribution in [0.15, 0.2) is 0 Å².